The molecule has 2 fully saturated rings. The largest absolute Gasteiger partial charge is 0.376 e. The molecule has 9 heteroatoms. The molecule has 2 saturated heterocycles. The van der Waals surface area contributed by atoms with Crippen LogP contribution >= 0.6 is 11.3 Å². The van der Waals surface area contributed by atoms with Gasteiger partial charge in [-0.15, -0.1) is 0 Å². The number of piperidine rings is 1. The Balaban J connectivity index is 1.61. The molecule has 152 valence electrons. The van der Waals surface area contributed by atoms with Gasteiger partial charge in [-0.1, -0.05) is 23.5 Å². The molecule has 2 atom stereocenters. The van der Waals surface area contributed by atoms with E-state index in [4.69, 9.17) is 4.74 Å². The molecule has 0 radical (unpaired) electrons. The molecule has 0 bridgehead atoms. The van der Waals surface area contributed by atoms with Crippen molar-refractivity contribution >= 4 is 42.6 Å². The van der Waals surface area contributed by atoms with Crippen LogP contribution in [0.4, 0.5) is 5.13 Å². The van der Waals surface area contributed by atoms with Crippen LogP contribution < -0.4 is 4.90 Å². The number of amides is 1. The summed E-state index contributed by atoms with van der Waals surface area (Å²) >= 11 is 1.49. The SMILES string of the molecule is CS(=O)(=O)N1CCC[C@H](C(=O)N(C[C@@H]2CCCO2)c2nc3ccccc3s2)C1. The first kappa shape index (κ1) is 19.8. The summed E-state index contributed by atoms with van der Waals surface area (Å²) in [5.74, 6) is -0.403. The van der Waals surface area contributed by atoms with Crippen LogP contribution in [0.25, 0.3) is 10.2 Å². The third-order valence-electron chi connectivity index (χ3n) is 5.39. The number of hydrogen-bond acceptors (Lipinski definition) is 6. The van der Waals surface area contributed by atoms with E-state index in [1.807, 2.05) is 24.3 Å². The molecule has 2 aliphatic heterocycles. The summed E-state index contributed by atoms with van der Waals surface area (Å²) in [5, 5.41) is 0.665. The topological polar surface area (TPSA) is 79.8 Å². The van der Waals surface area contributed by atoms with Crippen LogP contribution in [0.1, 0.15) is 25.7 Å². The standard InChI is InChI=1S/C19H25N3O4S2/c1-28(24,25)21-10-4-6-14(12-21)18(23)22(13-15-7-5-11-26-15)19-20-16-8-2-3-9-17(16)27-19/h2-3,8-9,14-15H,4-7,10-13H2,1H3/t14-,15-/m0/s1. The predicted molar refractivity (Wildman–Crippen MR) is 110 cm³/mol. The Morgan fingerprint density at radius 2 is 2.14 bits per heavy atom. The maximum Gasteiger partial charge on any atom is 0.233 e. The highest BCUT2D eigenvalue weighted by Gasteiger charge is 2.35. The summed E-state index contributed by atoms with van der Waals surface area (Å²) in [5.41, 5.74) is 0.869. The lowest BCUT2D eigenvalue weighted by Crippen LogP contribution is -2.48. The van der Waals surface area contributed by atoms with Crippen molar-refractivity contribution in [1.82, 2.24) is 9.29 Å². The molecule has 1 aromatic carbocycles. The van der Waals surface area contributed by atoms with Gasteiger partial charge in [0.2, 0.25) is 15.9 Å². The van der Waals surface area contributed by atoms with Crippen LogP contribution in [0.2, 0.25) is 0 Å². The fourth-order valence-corrected chi connectivity index (χ4v) is 5.79. The summed E-state index contributed by atoms with van der Waals surface area (Å²) in [6, 6.07) is 7.83. The van der Waals surface area contributed by atoms with E-state index in [0.717, 1.165) is 29.7 Å². The lowest BCUT2D eigenvalue weighted by atomic mass is 9.98. The summed E-state index contributed by atoms with van der Waals surface area (Å²) in [6.07, 6.45) is 4.52. The molecule has 2 aromatic rings. The molecule has 7 nitrogen and oxygen atoms in total. The number of ether oxygens (including phenoxy) is 1. The number of aromatic nitrogens is 1. The van der Waals surface area contributed by atoms with E-state index < -0.39 is 10.0 Å². The molecule has 2 aliphatic rings. The molecule has 28 heavy (non-hydrogen) atoms. The van der Waals surface area contributed by atoms with Crippen molar-refractivity contribution in [2.45, 2.75) is 31.8 Å². The van der Waals surface area contributed by atoms with Gasteiger partial charge in [0.25, 0.3) is 0 Å². The number of benzene rings is 1. The van der Waals surface area contributed by atoms with Gasteiger partial charge in [0.05, 0.1) is 35.0 Å². The molecule has 0 aliphatic carbocycles. The zero-order valence-corrected chi connectivity index (χ0v) is 17.5. The predicted octanol–water partition coefficient (Wildman–Crippen LogP) is 2.48. The minimum atomic E-state index is -3.30. The van der Waals surface area contributed by atoms with Gasteiger partial charge < -0.3 is 4.74 Å². The molecule has 4 rings (SSSR count). The van der Waals surface area contributed by atoms with Gasteiger partial charge in [0.1, 0.15) is 0 Å². The first-order chi connectivity index (χ1) is 13.4. The second-order valence-electron chi connectivity index (χ2n) is 7.51. The van der Waals surface area contributed by atoms with Gasteiger partial charge in [-0.3, -0.25) is 9.69 Å². The van der Waals surface area contributed by atoms with Gasteiger partial charge in [-0.2, -0.15) is 0 Å². The molecule has 0 N–H and O–H groups in total. The van der Waals surface area contributed by atoms with Crippen molar-refractivity contribution in [1.29, 1.82) is 0 Å². The van der Waals surface area contributed by atoms with E-state index in [-0.39, 0.29) is 24.5 Å². The lowest BCUT2D eigenvalue weighted by Gasteiger charge is -2.33. The van der Waals surface area contributed by atoms with Crippen molar-refractivity contribution in [2.75, 3.05) is 37.4 Å². The number of rotatable bonds is 5. The number of sulfonamides is 1. The first-order valence-corrected chi connectivity index (χ1v) is 12.3. The van der Waals surface area contributed by atoms with E-state index >= 15 is 0 Å². The number of anilines is 1. The fraction of sp³-hybridized carbons (Fsp3) is 0.579. The van der Waals surface area contributed by atoms with Gasteiger partial charge >= 0.3 is 0 Å². The maximum absolute atomic E-state index is 13.5. The molecule has 0 spiro atoms. The van der Waals surface area contributed by atoms with Crippen molar-refractivity contribution in [3.8, 4) is 0 Å². The quantitative estimate of drug-likeness (QED) is 0.738. The van der Waals surface area contributed by atoms with E-state index in [1.54, 1.807) is 4.90 Å². The lowest BCUT2D eigenvalue weighted by molar-refractivity contribution is -0.123. The Hall–Kier alpha value is -1.55. The van der Waals surface area contributed by atoms with Gasteiger partial charge in [-0.05, 0) is 37.8 Å². The van der Waals surface area contributed by atoms with Gasteiger partial charge in [-0.25, -0.2) is 17.7 Å². The summed E-state index contributed by atoms with van der Waals surface area (Å²) < 4.78 is 32.1. The van der Waals surface area contributed by atoms with E-state index in [9.17, 15) is 13.2 Å². The smallest absolute Gasteiger partial charge is 0.233 e. The number of para-hydroxylation sites is 1. The highest BCUT2D eigenvalue weighted by atomic mass is 32.2. The average molecular weight is 424 g/mol. The highest BCUT2D eigenvalue weighted by molar-refractivity contribution is 7.88. The first-order valence-electron chi connectivity index (χ1n) is 9.65. The normalized spacial score (nSPS) is 23.9. The van der Waals surface area contributed by atoms with Crippen molar-refractivity contribution < 1.29 is 17.9 Å². The number of carbonyl (C=O) groups is 1. The number of fused-ring (bicyclic) bond motifs is 1. The third-order valence-corrected chi connectivity index (χ3v) is 7.72. The van der Waals surface area contributed by atoms with E-state index in [2.05, 4.69) is 4.98 Å². The van der Waals surface area contributed by atoms with E-state index in [1.165, 1.54) is 21.9 Å². The van der Waals surface area contributed by atoms with Crippen molar-refractivity contribution in [3.63, 3.8) is 0 Å². The Kier molecular flexibility index (Phi) is 5.69. The van der Waals surface area contributed by atoms with Crippen LogP contribution in [0.5, 0.6) is 0 Å². The van der Waals surface area contributed by atoms with Crippen LogP contribution in [-0.4, -0.2) is 62.2 Å². The number of nitrogens with zero attached hydrogens (tertiary/aromatic N) is 3. The number of hydrogen-bond donors (Lipinski definition) is 0. The summed E-state index contributed by atoms with van der Waals surface area (Å²) in [4.78, 5) is 19.9. The molecular formula is C19H25N3O4S2. The molecule has 0 saturated carbocycles. The fourth-order valence-electron chi connectivity index (χ4n) is 3.90. The second-order valence-corrected chi connectivity index (χ2v) is 10.5. The van der Waals surface area contributed by atoms with Crippen LogP contribution in [0, 0.1) is 5.92 Å². The Morgan fingerprint density at radius 1 is 1.32 bits per heavy atom. The maximum atomic E-state index is 13.5. The van der Waals surface area contributed by atoms with Crippen molar-refractivity contribution in [3.05, 3.63) is 24.3 Å². The minimum Gasteiger partial charge on any atom is -0.376 e. The molecule has 3 heterocycles. The number of thiazole rings is 1. The Morgan fingerprint density at radius 3 is 2.86 bits per heavy atom. The van der Waals surface area contributed by atoms with Crippen molar-refractivity contribution in [2.24, 2.45) is 5.92 Å². The van der Waals surface area contributed by atoms with Crippen LogP contribution in [0.3, 0.4) is 0 Å². The molecular weight excluding hydrogens is 398 g/mol. The zero-order chi connectivity index (χ0) is 19.7. The minimum absolute atomic E-state index is 0.00515. The zero-order valence-electron chi connectivity index (χ0n) is 15.9. The summed E-state index contributed by atoms with van der Waals surface area (Å²) in [6.45, 7) is 1.91. The molecule has 0 unspecified atom stereocenters. The summed E-state index contributed by atoms with van der Waals surface area (Å²) in [7, 11) is -3.30. The number of carbonyl (C=O) groups excluding carboxylic acids is 1. The second kappa shape index (κ2) is 8.06. The van der Waals surface area contributed by atoms with Gasteiger partial charge in [0.15, 0.2) is 5.13 Å². The molecule has 1 amide bonds. The Bertz CT molecular complexity index is 920. The average Bonchev–Trinajstić information content (AvgIpc) is 3.34. The Labute approximate surface area is 169 Å². The highest BCUT2D eigenvalue weighted by Crippen LogP contribution is 2.32. The van der Waals surface area contributed by atoms with Crippen LogP contribution in [0.15, 0.2) is 24.3 Å². The molecule has 1 aromatic heterocycles. The van der Waals surface area contributed by atoms with Crippen LogP contribution in [-0.2, 0) is 19.6 Å². The van der Waals surface area contributed by atoms with E-state index in [0.29, 0.717) is 31.1 Å². The van der Waals surface area contributed by atoms with Gasteiger partial charge in [0, 0.05) is 19.7 Å². The third kappa shape index (κ3) is 4.22. The monoisotopic (exact) mass is 423 g/mol.